The first-order valence-corrected chi connectivity index (χ1v) is 5.27. The fourth-order valence-corrected chi connectivity index (χ4v) is 1.24. The molecule has 1 rings (SSSR count). The average molecular weight is 261 g/mol. The van der Waals surface area contributed by atoms with Gasteiger partial charge in [0.05, 0.1) is 18.0 Å². The Labute approximate surface area is 109 Å². The van der Waals surface area contributed by atoms with Crippen LogP contribution in [0.5, 0.6) is 0 Å². The molecule has 0 aliphatic rings. The number of non-ortho nitro benzene ring substituents is 1. The van der Waals surface area contributed by atoms with Crippen LogP contribution in [0.4, 0.5) is 5.69 Å². The molecular formula is C12H11N3O4. The summed E-state index contributed by atoms with van der Waals surface area (Å²) in [6, 6.07) is 5.22. The molecular weight excluding hydrogens is 250 g/mol. The van der Waals surface area contributed by atoms with E-state index in [0.29, 0.717) is 0 Å². The van der Waals surface area contributed by atoms with Gasteiger partial charge in [0.1, 0.15) is 0 Å². The van der Waals surface area contributed by atoms with E-state index in [1.807, 2.05) is 0 Å². The van der Waals surface area contributed by atoms with Crippen molar-refractivity contribution >= 4 is 17.5 Å². The number of amides is 2. The number of rotatable bonds is 5. The molecule has 19 heavy (non-hydrogen) atoms. The van der Waals surface area contributed by atoms with Gasteiger partial charge in [-0.25, -0.2) is 0 Å². The number of nitro groups is 1. The van der Waals surface area contributed by atoms with Gasteiger partial charge in [-0.3, -0.25) is 19.7 Å². The number of carbonyl (C=O) groups is 2. The number of hydrogen-bond donors (Lipinski definition) is 2. The minimum absolute atomic E-state index is 0.0749. The molecule has 1 aromatic carbocycles. The lowest BCUT2D eigenvalue weighted by atomic mass is 10.2. The lowest BCUT2D eigenvalue weighted by molar-refractivity contribution is -0.384. The first-order chi connectivity index (χ1) is 9.04. The molecule has 1 aromatic rings. The van der Waals surface area contributed by atoms with E-state index in [-0.39, 0.29) is 24.3 Å². The fourth-order valence-electron chi connectivity index (χ4n) is 1.24. The average Bonchev–Trinajstić information content (AvgIpc) is 2.42. The van der Waals surface area contributed by atoms with Crippen LogP contribution in [0.1, 0.15) is 10.4 Å². The molecule has 0 aromatic heterocycles. The highest BCUT2D eigenvalue weighted by Crippen LogP contribution is 2.12. The molecule has 0 saturated heterocycles. The van der Waals surface area contributed by atoms with Gasteiger partial charge in [-0.15, -0.1) is 6.42 Å². The number of nitrogens with zero attached hydrogens (tertiary/aromatic N) is 1. The van der Waals surface area contributed by atoms with Gasteiger partial charge in [0.15, 0.2) is 0 Å². The third-order valence-electron chi connectivity index (χ3n) is 2.12. The number of hydrogen-bond acceptors (Lipinski definition) is 4. The summed E-state index contributed by atoms with van der Waals surface area (Å²) in [7, 11) is 0. The molecule has 98 valence electrons. The lowest BCUT2D eigenvalue weighted by Crippen LogP contribution is -2.37. The second-order valence-electron chi connectivity index (χ2n) is 3.47. The molecule has 2 amide bonds. The summed E-state index contributed by atoms with van der Waals surface area (Å²) in [6.45, 7) is -0.172. The van der Waals surface area contributed by atoms with Gasteiger partial charge in [-0.05, 0) is 6.07 Å². The van der Waals surface area contributed by atoms with Crippen molar-refractivity contribution < 1.29 is 14.5 Å². The maximum absolute atomic E-state index is 11.6. The van der Waals surface area contributed by atoms with E-state index in [2.05, 4.69) is 16.6 Å². The predicted molar refractivity (Wildman–Crippen MR) is 67.3 cm³/mol. The highest BCUT2D eigenvalue weighted by atomic mass is 16.6. The van der Waals surface area contributed by atoms with Crippen LogP contribution in [0.25, 0.3) is 0 Å². The van der Waals surface area contributed by atoms with Crippen molar-refractivity contribution in [2.45, 2.75) is 0 Å². The first-order valence-electron chi connectivity index (χ1n) is 5.27. The van der Waals surface area contributed by atoms with E-state index in [1.165, 1.54) is 18.2 Å². The number of nitrogens with one attached hydrogen (secondary N) is 2. The summed E-state index contributed by atoms with van der Waals surface area (Å²) in [6.07, 6.45) is 4.95. The van der Waals surface area contributed by atoms with Crippen LogP contribution in [0.2, 0.25) is 0 Å². The molecule has 0 aliphatic heterocycles. The second kappa shape index (κ2) is 6.76. The van der Waals surface area contributed by atoms with Crippen LogP contribution in [-0.2, 0) is 4.79 Å². The first kappa shape index (κ1) is 14.2. The van der Waals surface area contributed by atoms with Crippen LogP contribution in [0.3, 0.4) is 0 Å². The van der Waals surface area contributed by atoms with Crippen molar-refractivity contribution in [1.29, 1.82) is 0 Å². The molecule has 2 N–H and O–H groups in total. The van der Waals surface area contributed by atoms with E-state index < -0.39 is 16.7 Å². The van der Waals surface area contributed by atoms with Crippen molar-refractivity contribution in [2.75, 3.05) is 13.1 Å². The van der Waals surface area contributed by atoms with Crippen LogP contribution in [0, 0.1) is 22.5 Å². The van der Waals surface area contributed by atoms with E-state index in [9.17, 15) is 19.7 Å². The fraction of sp³-hybridized carbons (Fsp3) is 0.167. The maximum Gasteiger partial charge on any atom is 0.270 e. The minimum atomic E-state index is -0.601. The van der Waals surface area contributed by atoms with Crippen molar-refractivity contribution in [2.24, 2.45) is 0 Å². The molecule has 0 aliphatic carbocycles. The summed E-state index contributed by atoms with van der Waals surface area (Å²) in [5, 5.41) is 15.3. The molecule has 0 spiro atoms. The normalized spacial score (nSPS) is 9.21. The van der Waals surface area contributed by atoms with Crippen LogP contribution in [-0.4, -0.2) is 29.8 Å². The topological polar surface area (TPSA) is 101 Å². The van der Waals surface area contributed by atoms with Gasteiger partial charge >= 0.3 is 0 Å². The Hall–Kier alpha value is -2.88. The zero-order valence-corrected chi connectivity index (χ0v) is 9.88. The highest BCUT2D eigenvalue weighted by molar-refractivity contribution is 5.96. The molecule has 0 unspecified atom stereocenters. The summed E-state index contributed by atoms with van der Waals surface area (Å²) in [5.74, 6) is 1.21. The van der Waals surface area contributed by atoms with Crippen LogP contribution < -0.4 is 10.6 Å². The highest BCUT2D eigenvalue weighted by Gasteiger charge is 2.12. The molecule has 0 fully saturated rings. The van der Waals surface area contributed by atoms with Gasteiger partial charge < -0.3 is 10.6 Å². The number of benzene rings is 1. The quantitative estimate of drug-likeness (QED) is 0.445. The summed E-state index contributed by atoms with van der Waals surface area (Å²) in [5.41, 5.74) is -0.0802. The lowest BCUT2D eigenvalue weighted by Gasteiger charge is -2.04. The Bertz CT molecular complexity index is 548. The molecule has 0 bridgehead atoms. The molecule has 0 heterocycles. The molecule has 7 nitrogen and oxygen atoms in total. The van der Waals surface area contributed by atoms with Crippen molar-refractivity contribution in [1.82, 2.24) is 10.6 Å². The van der Waals surface area contributed by atoms with Gasteiger partial charge in [-0.1, -0.05) is 12.0 Å². The molecule has 7 heteroatoms. The van der Waals surface area contributed by atoms with Gasteiger partial charge in [-0.2, -0.15) is 0 Å². The van der Waals surface area contributed by atoms with Crippen molar-refractivity contribution in [3.63, 3.8) is 0 Å². The van der Waals surface area contributed by atoms with Crippen molar-refractivity contribution in [3.05, 3.63) is 39.9 Å². The number of nitro benzene ring substituents is 1. The van der Waals surface area contributed by atoms with Crippen molar-refractivity contribution in [3.8, 4) is 12.3 Å². The monoisotopic (exact) mass is 261 g/mol. The zero-order valence-electron chi connectivity index (χ0n) is 9.88. The summed E-state index contributed by atoms with van der Waals surface area (Å²) in [4.78, 5) is 32.8. The number of terminal acetylenes is 1. The summed E-state index contributed by atoms with van der Waals surface area (Å²) >= 11 is 0. The van der Waals surface area contributed by atoms with E-state index in [4.69, 9.17) is 6.42 Å². The van der Waals surface area contributed by atoms with E-state index in [0.717, 1.165) is 6.07 Å². The smallest absolute Gasteiger partial charge is 0.270 e. The Morgan fingerprint density at radius 3 is 2.74 bits per heavy atom. The van der Waals surface area contributed by atoms with Gasteiger partial charge in [0.25, 0.3) is 11.6 Å². The maximum atomic E-state index is 11.6. The third-order valence-corrected chi connectivity index (χ3v) is 2.12. The van der Waals surface area contributed by atoms with Gasteiger partial charge in [0, 0.05) is 17.7 Å². The van der Waals surface area contributed by atoms with E-state index >= 15 is 0 Å². The zero-order chi connectivity index (χ0) is 14.3. The van der Waals surface area contributed by atoms with Crippen LogP contribution in [0.15, 0.2) is 24.3 Å². The predicted octanol–water partition coefficient (Wildman–Crippen LogP) is 0.0740. The van der Waals surface area contributed by atoms with Gasteiger partial charge in [0.2, 0.25) is 5.91 Å². The molecule has 0 radical (unpaired) electrons. The Morgan fingerprint density at radius 1 is 1.37 bits per heavy atom. The van der Waals surface area contributed by atoms with Crippen LogP contribution >= 0.6 is 0 Å². The second-order valence-corrected chi connectivity index (χ2v) is 3.47. The molecule has 0 saturated carbocycles. The SMILES string of the molecule is C#CCNC(=O)CNC(=O)c1cccc([N+](=O)[O-])c1. The standard InChI is InChI=1S/C12H11N3O4/c1-2-6-13-11(16)8-14-12(17)9-4-3-5-10(7-9)15(18)19/h1,3-5,7H,6,8H2,(H,13,16)(H,14,17). The van der Waals surface area contributed by atoms with E-state index in [1.54, 1.807) is 0 Å². The minimum Gasteiger partial charge on any atom is -0.344 e. The Morgan fingerprint density at radius 2 is 2.11 bits per heavy atom. The summed E-state index contributed by atoms with van der Waals surface area (Å²) < 4.78 is 0. The molecule has 0 atom stereocenters. The largest absolute Gasteiger partial charge is 0.344 e. The Balaban J connectivity index is 2.59. The Kier molecular flexibility index (Phi) is 5.04. The third kappa shape index (κ3) is 4.47. The number of carbonyl (C=O) groups excluding carboxylic acids is 2.